The maximum absolute atomic E-state index is 13.8. The monoisotopic (exact) mass is 581 g/mol. The molecular formula is C27H37NO9P2. The molecule has 2 amide bonds. The molecule has 1 aliphatic rings. The molecule has 10 nitrogen and oxygen atoms in total. The number of ether oxygens (including phenoxy) is 1. The van der Waals surface area contributed by atoms with Crippen molar-refractivity contribution in [2.75, 3.05) is 45.7 Å². The summed E-state index contributed by atoms with van der Waals surface area (Å²) in [5.41, 5.74) is 0.536. The van der Waals surface area contributed by atoms with Crippen molar-refractivity contribution in [2.45, 2.75) is 39.8 Å². The molecule has 0 saturated carbocycles. The van der Waals surface area contributed by atoms with Crippen LogP contribution in [0.1, 0.15) is 66.1 Å². The third kappa shape index (κ3) is 7.66. The fourth-order valence-electron chi connectivity index (χ4n) is 4.35. The van der Waals surface area contributed by atoms with Crippen molar-refractivity contribution in [3.63, 3.8) is 0 Å². The first-order valence-electron chi connectivity index (χ1n) is 13.2. The van der Waals surface area contributed by atoms with Gasteiger partial charge in [0.25, 0.3) is 11.8 Å². The van der Waals surface area contributed by atoms with Gasteiger partial charge in [0.2, 0.25) is 0 Å². The number of rotatable bonds is 17. The molecule has 2 aromatic carbocycles. The van der Waals surface area contributed by atoms with Crippen LogP contribution >= 0.6 is 15.2 Å². The fraction of sp³-hybridized carbons (Fsp3) is 0.481. The summed E-state index contributed by atoms with van der Waals surface area (Å²) in [5, 5.41) is 0. The van der Waals surface area contributed by atoms with E-state index >= 15 is 0 Å². The summed E-state index contributed by atoms with van der Waals surface area (Å²) in [6.07, 6.45) is 0.276. The maximum atomic E-state index is 13.8. The highest BCUT2D eigenvalue weighted by Crippen LogP contribution is 2.66. The summed E-state index contributed by atoms with van der Waals surface area (Å²) < 4.78 is 55.1. The minimum absolute atomic E-state index is 0.148. The molecule has 0 N–H and O–H groups in total. The molecule has 0 aromatic heterocycles. The normalized spacial score (nSPS) is 14.5. The van der Waals surface area contributed by atoms with E-state index in [1.807, 2.05) is 0 Å². The predicted octanol–water partition coefficient (Wildman–Crippen LogP) is 6.33. The number of carbonyl (C=O) groups is 2. The lowest BCUT2D eigenvalue weighted by atomic mass is 10.1. The summed E-state index contributed by atoms with van der Waals surface area (Å²) >= 11 is 0. The number of nitrogens with zero attached hydrogens (tertiary/aromatic N) is 1. The molecule has 1 aliphatic heterocycles. The second kappa shape index (κ2) is 14.4. The number of benzene rings is 2. The number of imide groups is 1. The van der Waals surface area contributed by atoms with Crippen LogP contribution in [0.4, 0.5) is 0 Å². The van der Waals surface area contributed by atoms with Crippen LogP contribution in [0, 0.1) is 0 Å². The quantitative estimate of drug-likeness (QED) is 0.120. The number of hydrogen-bond acceptors (Lipinski definition) is 9. The van der Waals surface area contributed by atoms with Gasteiger partial charge in [-0.2, -0.15) is 0 Å². The Balaban J connectivity index is 1.68. The summed E-state index contributed by atoms with van der Waals surface area (Å²) in [4.78, 5) is 26.3. The topological polar surface area (TPSA) is 118 Å². The summed E-state index contributed by atoms with van der Waals surface area (Å²) in [6, 6.07) is 13.6. The Kier molecular flexibility index (Phi) is 11.5. The average Bonchev–Trinajstić information content (AvgIpc) is 3.15. The van der Waals surface area contributed by atoms with Gasteiger partial charge in [-0.05, 0) is 63.9 Å². The van der Waals surface area contributed by atoms with Gasteiger partial charge < -0.3 is 22.8 Å². The Morgan fingerprint density at radius 1 is 0.744 bits per heavy atom. The molecule has 39 heavy (non-hydrogen) atoms. The van der Waals surface area contributed by atoms with E-state index in [0.29, 0.717) is 28.9 Å². The van der Waals surface area contributed by atoms with E-state index < -0.39 is 20.9 Å². The molecule has 214 valence electrons. The van der Waals surface area contributed by atoms with Crippen molar-refractivity contribution in [1.82, 2.24) is 4.90 Å². The van der Waals surface area contributed by atoms with Gasteiger partial charge in [-0.15, -0.1) is 0 Å². The van der Waals surface area contributed by atoms with E-state index in [2.05, 4.69) is 0 Å². The molecule has 1 atom stereocenters. The van der Waals surface area contributed by atoms with Gasteiger partial charge in [0.15, 0.2) is 0 Å². The van der Waals surface area contributed by atoms with Crippen LogP contribution in [-0.2, 0) is 27.2 Å². The number of carbonyl (C=O) groups excluding carboxylic acids is 2. The first kappa shape index (κ1) is 31.2. The smallest absolute Gasteiger partial charge is 0.338 e. The van der Waals surface area contributed by atoms with E-state index in [0.717, 1.165) is 0 Å². The van der Waals surface area contributed by atoms with Crippen molar-refractivity contribution in [2.24, 2.45) is 0 Å². The zero-order valence-electron chi connectivity index (χ0n) is 22.9. The molecule has 2 aromatic rings. The number of hydrogen-bond donors (Lipinski definition) is 0. The van der Waals surface area contributed by atoms with Crippen LogP contribution in [0.15, 0.2) is 48.5 Å². The van der Waals surface area contributed by atoms with Gasteiger partial charge >= 0.3 is 15.2 Å². The van der Waals surface area contributed by atoms with Crippen molar-refractivity contribution in [3.8, 4) is 5.75 Å². The Hall–Kier alpha value is -2.32. The molecule has 0 radical (unpaired) electrons. The van der Waals surface area contributed by atoms with Crippen LogP contribution in [-0.4, -0.2) is 62.5 Å². The van der Waals surface area contributed by atoms with Crippen LogP contribution in [0.3, 0.4) is 0 Å². The van der Waals surface area contributed by atoms with Gasteiger partial charge in [-0.1, -0.05) is 24.3 Å². The molecule has 0 spiro atoms. The van der Waals surface area contributed by atoms with E-state index in [4.69, 9.17) is 22.8 Å². The lowest BCUT2D eigenvalue weighted by Crippen LogP contribution is -2.31. The van der Waals surface area contributed by atoms with Crippen molar-refractivity contribution in [1.29, 1.82) is 0 Å². The largest absolute Gasteiger partial charge is 0.494 e. The van der Waals surface area contributed by atoms with Gasteiger partial charge in [0.05, 0.1) is 56.0 Å². The molecule has 0 aliphatic carbocycles. The second-order valence-corrected chi connectivity index (χ2v) is 12.9. The molecular weight excluding hydrogens is 544 g/mol. The minimum Gasteiger partial charge on any atom is -0.494 e. The Bertz CT molecular complexity index is 1160. The zero-order valence-corrected chi connectivity index (χ0v) is 24.7. The molecule has 0 saturated heterocycles. The van der Waals surface area contributed by atoms with Crippen molar-refractivity contribution < 1.29 is 41.6 Å². The maximum Gasteiger partial charge on any atom is 0.338 e. The van der Waals surface area contributed by atoms with Gasteiger partial charge in [0.1, 0.15) is 5.75 Å². The average molecular weight is 582 g/mol. The Labute approximate surface area is 230 Å². The van der Waals surface area contributed by atoms with Crippen LogP contribution in [0.5, 0.6) is 5.75 Å². The fourth-order valence-corrected chi connectivity index (χ4v) is 9.15. The van der Waals surface area contributed by atoms with E-state index in [1.165, 1.54) is 4.90 Å². The first-order valence-corrected chi connectivity index (χ1v) is 16.5. The third-order valence-corrected chi connectivity index (χ3v) is 10.9. The molecule has 1 unspecified atom stereocenters. The van der Waals surface area contributed by atoms with E-state index in [1.54, 1.807) is 76.2 Å². The predicted molar refractivity (Wildman–Crippen MR) is 148 cm³/mol. The summed E-state index contributed by atoms with van der Waals surface area (Å²) in [6.45, 7) is 8.01. The standard InChI is InChI=1S/C27H37NO9P2/c1-5-34-38(31,35-6-2)20-25(39(32,36-7-3)37-8-4)21-14-16-22(17-15-21)33-19-11-18-28-26(29)23-12-9-10-13-24(23)27(28)30/h9-10,12-17,25H,5-8,11,18-20H2,1-4H3. The van der Waals surface area contributed by atoms with Crippen LogP contribution in [0.2, 0.25) is 0 Å². The molecule has 0 fully saturated rings. The Morgan fingerprint density at radius 3 is 1.74 bits per heavy atom. The highest BCUT2D eigenvalue weighted by atomic mass is 31.2. The molecule has 0 bridgehead atoms. The lowest BCUT2D eigenvalue weighted by Gasteiger charge is -2.29. The molecule has 1 heterocycles. The Morgan fingerprint density at radius 2 is 1.26 bits per heavy atom. The number of amides is 2. The van der Waals surface area contributed by atoms with Gasteiger partial charge in [0, 0.05) is 6.54 Å². The molecule has 12 heteroatoms. The number of fused-ring (bicyclic) bond motifs is 1. The van der Waals surface area contributed by atoms with Crippen LogP contribution < -0.4 is 4.74 Å². The summed E-state index contributed by atoms with van der Waals surface area (Å²) in [7, 11) is -7.31. The van der Waals surface area contributed by atoms with Crippen molar-refractivity contribution in [3.05, 3.63) is 65.2 Å². The SMILES string of the molecule is CCOP(=O)(CC(c1ccc(OCCCN2C(=O)c3ccccc3C2=O)cc1)P(=O)(OCC)OCC)OCC. The van der Waals surface area contributed by atoms with Crippen molar-refractivity contribution >= 4 is 27.0 Å². The lowest BCUT2D eigenvalue weighted by molar-refractivity contribution is 0.0646. The van der Waals surface area contributed by atoms with E-state index in [-0.39, 0.29) is 57.6 Å². The van der Waals surface area contributed by atoms with E-state index in [9.17, 15) is 18.7 Å². The first-order chi connectivity index (χ1) is 18.7. The highest BCUT2D eigenvalue weighted by Gasteiger charge is 2.43. The van der Waals surface area contributed by atoms with Gasteiger partial charge in [-0.3, -0.25) is 23.6 Å². The van der Waals surface area contributed by atoms with Gasteiger partial charge in [-0.25, -0.2) is 0 Å². The third-order valence-electron chi connectivity index (χ3n) is 5.99. The van der Waals surface area contributed by atoms with Crippen LogP contribution in [0.25, 0.3) is 0 Å². The second-order valence-electron chi connectivity index (χ2n) is 8.60. The summed E-state index contributed by atoms with van der Waals surface area (Å²) in [5.74, 6) is -0.0499. The highest BCUT2D eigenvalue weighted by molar-refractivity contribution is 7.58. The molecule has 3 rings (SSSR count). The minimum atomic E-state index is -3.73. The zero-order chi connectivity index (χ0) is 28.5.